The molecular formula is C25H29FIN2OPSn. The molecule has 0 spiro atoms. The predicted octanol–water partition coefficient (Wildman–Crippen LogP) is 8.23. The Balaban J connectivity index is 1.97. The van der Waals surface area contributed by atoms with E-state index in [2.05, 4.69) is 48.9 Å². The van der Waals surface area contributed by atoms with Gasteiger partial charge in [0.2, 0.25) is 0 Å². The van der Waals surface area contributed by atoms with Crippen molar-refractivity contribution >= 4 is 56.2 Å². The molecule has 0 radical (unpaired) electrons. The van der Waals surface area contributed by atoms with Crippen molar-refractivity contribution in [2.75, 3.05) is 5.09 Å². The van der Waals surface area contributed by atoms with Crippen molar-refractivity contribution in [1.82, 2.24) is 0 Å². The molecule has 3 nitrogen and oxygen atoms in total. The monoisotopic (exact) mass is 670 g/mol. The van der Waals surface area contributed by atoms with Crippen molar-refractivity contribution in [3.63, 3.8) is 0 Å². The van der Waals surface area contributed by atoms with Crippen LogP contribution in [0.15, 0.2) is 60.7 Å². The average molecular weight is 669 g/mol. The van der Waals surface area contributed by atoms with Crippen molar-refractivity contribution in [2.45, 2.75) is 34.8 Å². The third-order valence-electron chi connectivity index (χ3n) is 5.33. The summed E-state index contributed by atoms with van der Waals surface area (Å²) in [6.07, 6.45) is 1.09. The minimum absolute atomic E-state index is 0.278. The number of rotatable bonds is 9. The van der Waals surface area contributed by atoms with Crippen LogP contribution in [0.5, 0.6) is 5.75 Å². The van der Waals surface area contributed by atoms with E-state index < -0.39 is 18.4 Å². The first-order chi connectivity index (χ1) is 15.3. The molecule has 0 fully saturated rings. The van der Waals surface area contributed by atoms with E-state index in [1.165, 1.54) is 0 Å². The summed E-state index contributed by atoms with van der Waals surface area (Å²) in [6, 6.07) is 19.7. The molecule has 3 aromatic carbocycles. The van der Waals surface area contributed by atoms with Crippen LogP contribution in [0, 0.1) is 11.2 Å². The third-order valence-corrected chi connectivity index (χ3v) is 11.5. The molecule has 2 N–H and O–H groups in total. The van der Waals surface area contributed by atoms with E-state index >= 15 is 4.39 Å². The molecule has 1 unspecified atom stereocenters. The molecule has 0 saturated heterocycles. The third kappa shape index (κ3) is 6.03. The van der Waals surface area contributed by atoms with E-state index in [-0.39, 0.29) is 5.82 Å². The molecule has 0 aromatic heterocycles. The quantitative estimate of drug-likeness (QED) is 0.104. The molecule has 168 valence electrons. The first-order valence-corrected chi connectivity index (χ1v) is 24.7. The van der Waals surface area contributed by atoms with Crippen LogP contribution in [-0.2, 0) is 13.0 Å². The molecule has 0 heterocycles. The Hall–Kier alpha value is -1.18. The number of halogens is 2. The van der Waals surface area contributed by atoms with Gasteiger partial charge in [-0.05, 0) is 0 Å². The fraction of sp³-hybridized carbons (Fsp3) is 0.240. The summed E-state index contributed by atoms with van der Waals surface area (Å²) in [5, 5.41) is 11.9. The zero-order chi connectivity index (χ0) is 23.3. The van der Waals surface area contributed by atoms with Crippen molar-refractivity contribution in [3.05, 3.63) is 83.2 Å². The average Bonchev–Trinajstić information content (AvgIpc) is 2.78. The predicted molar refractivity (Wildman–Crippen MR) is 148 cm³/mol. The Morgan fingerprint density at radius 3 is 2.38 bits per heavy atom. The molecule has 0 aliphatic heterocycles. The Morgan fingerprint density at radius 1 is 1.06 bits per heavy atom. The normalized spacial score (nSPS) is 11.7. The van der Waals surface area contributed by atoms with E-state index in [1.807, 2.05) is 60.7 Å². The Labute approximate surface area is 209 Å². The van der Waals surface area contributed by atoms with Crippen molar-refractivity contribution in [3.8, 4) is 16.9 Å². The number of hydrogen-bond donors (Lipinski definition) is 2. The van der Waals surface area contributed by atoms with Crippen LogP contribution >= 0.6 is 28.4 Å². The maximum atomic E-state index is 15.8. The van der Waals surface area contributed by atoms with Gasteiger partial charge < -0.3 is 0 Å². The first-order valence-electron chi connectivity index (χ1n) is 10.6. The van der Waals surface area contributed by atoms with Crippen LogP contribution in [0.1, 0.15) is 23.6 Å². The molecule has 0 bridgehead atoms. The maximum absolute atomic E-state index is 15.8. The van der Waals surface area contributed by atoms with Crippen molar-refractivity contribution < 1.29 is 9.13 Å². The van der Waals surface area contributed by atoms with E-state index in [9.17, 15) is 0 Å². The van der Waals surface area contributed by atoms with Crippen molar-refractivity contribution in [2.24, 2.45) is 0 Å². The molecular weight excluding hydrogens is 640 g/mol. The van der Waals surface area contributed by atoms with Crippen molar-refractivity contribution in [1.29, 1.82) is 5.41 Å². The Bertz CT molecular complexity index is 1100. The van der Waals surface area contributed by atoms with Crippen LogP contribution in [-0.4, -0.2) is 22.1 Å². The Morgan fingerprint density at radius 2 is 1.75 bits per heavy atom. The number of hydrogen-bond acceptors (Lipinski definition) is 3. The van der Waals surface area contributed by atoms with Gasteiger partial charge in [-0.1, -0.05) is 30.3 Å². The molecule has 0 aliphatic carbocycles. The zero-order valence-corrected chi connectivity index (χ0v) is 24.9. The van der Waals surface area contributed by atoms with Crippen LogP contribution in [0.2, 0.25) is 14.8 Å². The van der Waals surface area contributed by atoms with Gasteiger partial charge in [-0.15, -0.1) is 0 Å². The second kappa shape index (κ2) is 11.3. The fourth-order valence-electron chi connectivity index (χ4n) is 3.52. The van der Waals surface area contributed by atoms with Gasteiger partial charge in [-0.3, -0.25) is 0 Å². The summed E-state index contributed by atoms with van der Waals surface area (Å²) >= 11 is -0.450. The molecule has 0 saturated carbocycles. The molecule has 0 aliphatic rings. The van der Waals surface area contributed by atoms with Crippen LogP contribution in [0.25, 0.3) is 11.1 Å². The molecule has 32 heavy (non-hydrogen) atoms. The summed E-state index contributed by atoms with van der Waals surface area (Å²) < 4.78 is 22.4. The van der Waals surface area contributed by atoms with Crippen LogP contribution in [0.3, 0.4) is 0 Å². The van der Waals surface area contributed by atoms with E-state index in [0.717, 1.165) is 28.9 Å². The number of benzene rings is 3. The minimum atomic E-state index is -2.66. The van der Waals surface area contributed by atoms with Gasteiger partial charge in [0.1, 0.15) is 0 Å². The second-order valence-corrected chi connectivity index (χ2v) is 25.0. The molecule has 3 aromatic rings. The second-order valence-electron chi connectivity index (χ2n) is 8.64. The van der Waals surface area contributed by atoms with Gasteiger partial charge in [0.15, 0.2) is 0 Å². The van der Waals surface area contributed by atoms with Gasteiger partial charge in [0, 0.05) is 0 Å². The number of nitrogens with one attached hydrogen (secondary N) is 2. The summed E-state index contributed by atoms with van der Waals surface area (Å²) in [6.45, 7) is 2.57. The molecule has 7 heteroatoms. The topological polar surface area (TPSA) is 45.1 Å². The molecule has 1 atom stereocenters. The molecule has 3 rings (SSSR count). The standard InChI is InChI=1S/C22H20FIN2OP.3CH3.Sn/c1-2-16-12-18(27-14-15-6-4-3-5-7-15)9-11-19(16)20-10-8-17(13-25)22(21(20)23)26-28-24;;;;/h3-12,25-26,28H,2,14H2,1H3;3*1H3;. The summed E-state index contributed by atoms with van der Waals surface area (Å²) in [4.78, 5) is 6.55. The van der Waals surface area contributed by atoms with E-state index in [0.29, 0.717) is 33.5 Å². The van der Waals surface area contributed by atoms with Gasteiger partial charge in [-0.25, -0.2) is 0 Å². The van der Waals surface area contributed by atoms with Gasteiger partial charge in [0.25, 0.3) is 0 Å². The van der Waals surface area contributed by atoms with E-state index in [4.69, 9.17) is 10.1 Å². The van der Waals surface area contributed by atoms with Gasteiger partial charge in [0.05, 0.1) is 0 Å². The SMILES string of the molecule is CCc1cc(OCc2ccccc2)ccc1-c1ccc([C](=N)[Sn]([CH3])([CH3])[CH3])c(NPI)c1F. The molecule has 0 amide bonds. The number of ether oxygens (including phenoxy) is 1. The fourth-order valence-corrected chi connectivity index (χ4v) is 7.57. The first kappa shape index (κ1) is 25.4. The zero-order valence-electron chi connectivity index (χ0n) is 18.9. The summed E-state index contributed by atoms with van der Waals surface area (Å²) in [7, 11) is 0. The number of anilines is 1. The number of aryl methyl sites for hydroxylation is 1. The van der Waals surface area contributed by atoms with E-state index in [1.54, 1.807) is 0 Å². The van der Waals surface area contributed by atoms with Gasteiger partial charge in [-0.2, -0.15) is 0 Å². The Kier molecular flexibility index (Phi) is 8.98. The van der Waals surface area contributed by atoms with Crippen LogP contribution in [0.4, 0.5) is 10.1 Å². The summed E-state index contributed by atoms with van der Waals surface area (Å²) in [5.41, 5.74) is 4.75. The van der Waals surface area contributed by atoms with Gasteiger partial charge >= 0.3 is 180 Å². The summed E-state index contributed by atoms with van der Waals surface area (Å²) in [5.74, 6) is 0.502. The van der Waals surface area contributed by atoms with Crippen LogP contribution < -0.4 is 9.82 Å².